The van der Waals surface area contributed by atoms with Gasteiger partial charge in [0.15, 0.2) is 11.6 Å². The number of benzene rings is 5. The molecule has 5 rings (SSSR count). The fourth-order valence-electron chi connectivity index (χ4n) is 5.86. The molecule has 57 heavy (non-hydrogen) atoms. The first kappa shape index (κ1) is 40.7. The van der Waals surface area contributed by atoms with Gasteiger partial charge in [-0.25, -0.2) is 0 Å². The first-order chi connectivity index (χ1) is 27.2. The third kappa shape index (κ3) is 10.6. The van der Waals surface area contributed by atoms with Crippen molar-refractivity contribution in [3.63, 3.8) is 0 Å². The van der Waals surface area contributed by atoms with Gasteiger partial charge in [0, 0.05) is 59.1 Å². The molecule has 12 heteroatoms. The highest BCUT2D eigenvalue weighted by Gasteiger charge is 2.23. The third-order valence-electron chi connectivity index (χ3n) is 9.29. The van der Waals surface area contributed by atoms with Crippen LogP contribution in [0.2, 0.25) is 0 Å². The predicted octanol–water partition coefficient (Wildman–Crippen LogP) is 7.88. The van der Waals surface area contributed by atoms with Gasteiger partial charge < -0.3 is 31.3 Å². The maximum Gasteiger partial charge on any atom is 0.259 e. The molecule has 288 valence electrons. The number of rotatable bonds is 14. The summed E-state index contributed by atoms with van der Waals surface area (Å²) in [6.45, 7) is 5.10. The summed E-state index contributed by atoms with van der Waals surface area (Å²) in [4.78, 5) is 64.9. The van der Waals surface area contributed by atoms with E-state index in [0.29, 0.717) is 39.2 Å². The smallest absolute Gasteiger partial charge is 0.259 e. The lowest BCUT2D eigenvalue weighted by atomic mass is 9.94. The molecule has 0 saturated heterocycles. The summed E-state index contributed by atoms with van der Waals surface area (Å²) in [6, 6.07) is 28.2. The Labute approximate surface area is 329 Å². The fourth-order valence-corrected chi connectivity index (χ4v) is 5.86. The minimum absolute atomic E-state index is 0.0438. The molecule has 0 spiro atoms. The number of nitrogens with zero attached hydrogens (tertiary/aromatic N) is 1. The normalized spacial score (nSPS) is 11.5. The van der Waals surface area contributed by atoms with E-state index >= 15 is 0 Å². The number of phenolic OH excluding ortho intramolecular Hbond substituents is 3. The molecule has 0 saturated carbocycles. The van der Waals surface area contributed by atoms with Crippen molar-refractivity contribution in [1.82, 2.24) is 0 Å². The Morgan fingerprint density at radius 1 is 0.737 bits per heavy atom. The molecule has 0 radical (unpaired) electrons. The van der Waals surface area contributed by atoms with Crippen LogP contribution >= 0.6 is 0 Å². The zero-order chi connectivity index (χ0) is 41.2. The van der Waals surface area contributed by atoms with E-state index in [2.05, 4.69) is 16.0 Å². The first-order valence-corrected chi connectivity index (χ1v) is 17.9. The topological polar surface area (TPSA) is 206 Å². The number of allylic oxidation sites excluding steroid dienone is 1. The molecule has 6 N–H and O–H groups in total. The Hall–Kier alpha value is -7.52. The second kappa shape index (κ2) is 18.2. The van der Waals surface area contributed by atoms with Crippen LogP contribution in [0.5, 0.6) is 17.2 Å². The zero-order valence-electron chi connectivity index (χ0n) is 31.4. The van der Waals surface area contributed by atoms with Gasteiger partial charge in [-0.1, -0.05) is 42.5 Å². The number of nitrogens with one attached hydrogen (secondary N) is 3. The molecule has 0 bridgehead atoms. The highest BCUT2D eigenvalue weighted by Crippen LogP contribution is 2.30. The lowest BCUT2D eigenvalue weighted by molar-refractivity contribution is -0.119. The van der Waals surface area contributed by atoms with Crippen molar-refractivity contribution in [3.8, 4) is 23.3 Å². The quantitative estimate of drug-likeness (QED) is 0.0480. The molecule has 5 aromatic carbocycles. The summed E-state index contributed by atoms with van der Waals surface area (Å²) in [5.41, 5.74) is 4.60. The van der Waals surface area contributed by atoms with Crippen molar-refractivity contribution < 1.29 is 39.3 Å². The largest absolute Gasteiger partial charge is 0.508 e. The summed E-state index contributed by atoms with van der Waals surface area (Å²) >= 11 is 0. The Morgan fingerprint density at radius 3 is 2.04 bits per heavy atom. The van der Waals surface area contributed by atoms with E-state index in [4.69, 9.17) is 0 Å². The van der Waals surface area contributed by atoms with Gasteiger partial charge in [-0.15, -0.1) is 0 Å². The van der Waals surface area contributed by atoms with Crippen LogP contribution in [-0.2, 0) is 16.0 Å². The SMILES string of the molecule is C/C(=C\c1ccc(O)cc1)C(=O)Cc1ccc(C(=O)CC(CC#N)C(=O)Nc2ccc(C(=O)Nc3ccc(C(=O)Nc4ccc(C)c(O)c4C)c(O)c3)cc2)cc1. The molecule has 0 fully saturated rings. The molecule has 5 aromatic rings. The summed E-state index contributed by atoms with van der Waals surface area (Å²) in [5.74, 6) is -3.28. The highest BCUT2D eigenvalue weighted by atomic mass is 16.3. The van der Waals surface area contributed by atoms with E-state index in [-0.39, 0.29) is 64.9 Å². The lowest BCUT2D eigenvalue weighted by Gasteiger charge is -2.14. The Bertz CT molecular complexity index is 2410. The van der Waals surface area contributed by atoms with Crippen molar-refractivity contribution in [2.75, 3.05) is 16.0 Å². The number of carbonyl (C=O) groups excluding carboxylic acids is 5. The standard InChI is InChI=1S/C45H40N4O8/c1-26-4-19-38(28(3)42(26)54)49-45(57)37-18-15-35(25-41(37)53)48-43(55)32-11-13-34(14-12-32)47-44(56)33(20-21-46)24-40(52)31-9-5-30(6-10-31)23-39(51)27(2)22-29-7-16-36(50)17-8-29/h4-19,22,25,33,50,53-54H,20,23-24H2,1-3H3,(H,47,56)(H,48,55)(H,49,57)/b27-22+. The number of aryl methyl sites for hydroxylation is 1. The molecule has 0 aliphatic heterocycles. The Kier molecular flexibility index (Phi) is 13.0. The first-order valence-electron chi connectivity index (χ1n) is 17.9. The van der Waals surface area contributed by atoms with E-state index in [9.17, 15) is 44.6 Å². The average molecular weight is 765 g/mol. The van der Waals surface area contributed by atoms with Crippen LogP contribution in [0.1, 0.15) is 73.1 Å². The summed E-state index contributed by atoms with van der Waals surface area (Å²) < 4.78 is 0. The number of aromatic hydroxyl groups is 3. The Balaban J connectivity index is 1.14. The molecule has 3 amide bonds. The minimum atomic E-state index is -0.954. The summed E-state index contributed by atoms with van der Waals surface area (Å²) in [6.07, 6.45) is 1.41. The third-order valence-corrected chi connectivity index (χ3v) is 9.29. The molecule has 12 nitrogen and oxygen atoms in total. The van der Waals surface area contributed by atoms with Crippen molar-refractivity contribution in [3.05, 3.63) is 148 Å². The van der Waals surface area contributed by atoms with Gasteiger partial charge in [0.2, 0.25) is 5.91 Å². The predicted molar refractivity (Wildman–Crippen MR) is 216 cm³/mol. The van der Waals surface area contributed by atoms with Gasteiger partial charge in [-0.3, -0.25) is 24.0 Å². The van der Waals surface area contributed by atoms with Gasteiger partial charge in [0.05, 0.1) is 17.6 Å². The van der Waals surface area contributed by atoms with Crippen molar-refractivity contribution in [1.29, 1.82) is 5.26 Å². The van der Waals surface area contributed by atoms with E-state index < -0.39 is 23.6 Å². The highest BCUT2D eigenvalue weighted by molar-refractivity contribution is 6.08. The lowest BCUT2D eigenvalue weighted by Crippen LogP contribution is -2.25. The van der Waals surface area contributed by atoms with E-state index in [1.54, 1.807) is 75.4 Å². The van der Waals surface area contributed by atoms with Crippen molar-refractivity contribution in [2.24, 2.45) is 5.92 Å². The number of ketones is 2. The van der Waals surface area contributed by atoms with Crippen LogP contribution in [0.15, 0.2) is 109 Å². The molecule has 0 heterocycles. The van der Waals surface area contributed by atoms with Crippen LogP contribution in [0.25, 0.3) is 6.08 Å². The minimum Gasteiger partial charge on any atom is -0.508 e. The van der Waals surface area contributed by atoms with Crippen LogP contribution in [0, 0.1) is 31.1 Å². The Morgan fingerprint density at radius 2 is 1.39 bits per heavy atom. The maximum absolute atomic E-state index is 13.2. The van der Waals surface area contributed by atoms with E-state index in [1.165, 1.54) is 54.6 Å². The van der Waals surface area contributed by atoms with Gasteiger partial charge in [0.1, 0.15) is 17.2 Å². The zero-order valence-corrected chi connectivity index (χ0v) is 31.4. The monoisotopic (exact) mass is 764 g/mol. The van der Waals surface area contributed by atoms with Gasteiger partial charge in [0.25, 0.3) is 11.8 Å². The van der Waals surface area contributed by atoms with Crippen LogP contribution in [0.4, 0.5) is 17.1 Å². The maximum atomic E-state index is 13.2. The molecule has 0 aromatic heterocycles. The van der Waals surface area contributed by atoms with Crippen LogP contribution < -0.4 is 16.0 Å². The second-order valence-corrected chi connectivity index (χ2v) is 13.5. The molecule has 1 atom stereocenters. The summed E-state index contributed by atoms with van der Waals surface area (Å²) in [5, 5.41) is 47.6. The van der Waals surface area contributed by atoms with E-state index in [0.717, 1.165) is 5.56 Å². The van der Waals surface area contributed by atoms with Gasteiger partial charge in [-0.05, 0) is 104 Å². The van der Waals surface area contributed by atoms with Crippen LogP contribution in [0.3, 0.4) is 0 Å². The number of nitriles is 1. The van der Waals surface area contributed by atoms with Gasteiger partial charge in [-0.2, -0.15) is 5.26 Å². The van der Waals surface area contributed by atoms with E-state index in [1.807, 2.05) is 6.07 Å². The number of hydrogen-bond acceptors (Lipinski definition) is 9. The van der Waals surface area contributed by atoms with Crippen LogP contribution in [-0.4, -0.2) is 44.6 Å². The molecular weight excluding hydrogens is 725 g/mol. The molecule has 1 unspecified atom stereocenters. The number of anilines is 3. The number of carbonyl (C=O) groups is 5. The number of hydrogen-bond donors (Lipinski definition) is 6. The molecule has 0 aliphatic carbocycles. The molecular formula is C45H40N4O8. The number of Topliss-reactive ketones (excluding diaryl/α,β-unsaturated/α-hetero) is 2. The van der Waals surface area contributed by atoms with Crippen molar-refractivity contribution in [2.45, 2.75) is 40.0 Å². The number of amides is 3. The van der Waals surface area contributed by atoms with Gasteiger partial charge >= 0.3 is 0 Å². The molecule has 0 aliphatic rings. The average Bonchev–Trinajstić information content (AvgIpc) is 3.19. The second-order valence-electron chi connectivity index (χ2n) is 13.5. The fraction of sp³-hybridized carbons (Fsp3) is 0.156. The number of phenols is 3. The summed E-state index contributed by atoms with van der Waals surface area (Å²) in [7, 11) is 0. The van der Waals surface area contributed by atoms with Crippen molar-refractivity contribution >= 4 is 52.4 Å².